The van der Waals surface area contributed by atoms with Crippen LogP contribution in [-0.2, 0) is 11.2 Å². The van der Waals surface area contributed by atoms with Gasteiger partial charge >= 0.3 is 0 Å². The molecule has 21 heavy (non-hydrogen) atoms. The van der Waals surface area contributed by atoms with Crippen LogP contribution in [0.5, 0.6) is 0 Å². The Labute approximate surface area is 129 Å². The summed E-state index contributed by atoms with van der Waals surface area (Å²) in [5, 5.41) is 0. The van der Waals surface area contributed by atoms with E-state index in [1.165, 1.54) is 5.56 Å². The second-order valence-electron chi connectivity index (χ2n) is 6.59. The quantitative estimate of drug-likeness (QED) is 0.710. The van der Waals surface area contributed by atoms with Gasteiger partial charge in [-0.05, 0) is 56.9 Å². The van der Waals surface area contributed by atoms with Crippen molar-refractivity contribution in [3.05, 3.63) is 35.4 Å². The summed E-state index contributed by atoms with van der Waals surface area (Å²) in [7, 11) is 4.14. The number of rotatable bonds is 9. The summed E-state index contributed by atoms with van der Waals surface area (Å²) in [4.78, 5) is 13.9. The van der Waals surface area contributed by atoms with Crippen molar-refractivity contribution < 1.29 is 4.79 Å². The zero-order valence-electron chi connectivity index (χ0n) is 13.9. The second kappa shape index (κ2) is 8.83. The monoisotopic (exact) mass is 290 g/mol. The van der Waals surface area contributed by atoms with Crippen LogP contribution in [-0.4, -0.2) is 31.4 Å². The summed E-state index contributed by atoms with van der Waals surface area (Å²) in [6.07, 6.45) is 4.04. The van der Waals surface area contributed by atoms with Gasteiger partial charge in [0.05, 0.1) is 5.92 Å². The normalized spacial score (nSPS) is 12.9. The minimum atomic E-state index is -0.212. The number of amides is 1. The highest BCUT2D eigenvalue weighted by molar-refractivity contribution is 5.81. The predicted octanol–water partition coefficient (Wildman–Crippen LogP) is 3.19. The molecule has 3 heteroatoms. The maximum Gasteiger partial charge on any atom is 0.224 e. The Morgan fingerprint density at radius 3 is 2.24 bits per heavy atom. The third-order valence-electron chi connectivity index (χ3n) is 3.72. The second-order valence-corrected chi connectivity index (χ2v) is 6.59. The fourth-order valence-corrected chi connectivity index (χ4v) is 2.61. The molecule has 2 N–H and O–H groups in total. The zero-order chi connectivity index (χ0) is 15.8. The predicted molar refractivity (Wildman–Crippen MR) is 89.3 cm³/mol. The minimum Gasteiger partial charge on any atom is -0.369 e. The van der Waals surface area contributed by atoms with Gasteiger partial charge in [0.2, 0.25) is 5.91 Å². The fraction of sp³-hybridized carbons (Fsp3) is 0.611. The number of carbonyl (C=O) groups excluding carboxylic acids is 1. The van der Waals surface area contributed by atoms with Crippen LogP contribution in [0.25, 0.3) is 0 Å². The number of nitrogens with two attached hydrogens (primary N) is 1. The Kier molecular flexibility index (Phi) is 7.44. The molecule has 1 atom stereocenters. The van der Waals surface area contributed by atoms with Gasteiger partial charge < -0.3 is 10.6 Å². The molecule has 118 valence electrons. The lowest BCUT2D eigenvalue weighted by molar-refractivity contribution is -0.119. The number of hydrogen-bond acceptors (Lipinski definition) is 2. The van der Waals surface area contributed by atoms with Crippen molar-refractivity contribution in [1.29, 1.82) is 0 Å². The lowest BCUT2D eigenvalue weighted by atomic mass is 9.91. The van der Waals surface area contributed by atoms with Gasteiger partial charge in [0.15, 0.2) is 0 Å². The van der Waals surface area contributed by atoms with Gasteiger partial charge in [-0.15, -0.1) is 0 Å². The first-order valence-corrected chi connectivity index (χ1v) is 7.93. The van der Waals surface area contributed by atoms with Crippen molar-refractivity contribution in [1.82, 2.24) is 4.90 Å². The van der Waals surface area contributed by atoms with Crippen molar-refractivity contribution in [3.8, 4) is 0 Å². The zero-order valence-corrected chi connectivity index (χ0v) is 13.9. The average Bonchev–Trinajstić information content (AvgIpc) is 2.38. The summed E-state index contributed by atoms with van der Waals surface area (Å²) >= 11 is 0. The summed E-state index contributed by atoms with van der Waals surface area (Å²) < 4.78 is 0. The minimum absolute atomic E-state index is 0.153. The molecule has 0 bridgehead atoms. The molecule has 1 unspecified atom stereocenters. The molecular weight excluding hydrogens is 260 g/mol. The molecule has 0 saturated heterocycles. The van der Waals surface area contributed by atoms with Crippen molar-refractivity contribution in [2.24, 2.45) is 11.7 Å². The van der Waals surface area contributed by atoms with E-state index in [1.54, 1.807) is 0 Å². The standard InChI is InChI=1S/C18H30N2O/c1-14(2)13-15-8-10-16(11-9-15)17(18(19)21)7-5-6-12-20(3)4/h8-11,14,17H,5-7,12-13H2,1-4H3,(H2,19,21). The summed E-state index contributed by atoms with van der Waals surface area (Å²) in [6, 6.07) is 8.40. The Balaban J connectivity index is 2.61. The number of primary amides is 1. The molecule has 0 spiro atoms. The average molecular weight is 290 g/mol. The topological polar surface area (TPSA) is 46.3 Å². The molecule has 3 nitrogen and oxygen atoms in total. The molecule has 1 aromatic carbocycles. The van der Waals surface area contributed by atoms with Gasteiger partial charge in [0.25, 0.3) is 0 Å². The van der Waals surface area contributed by atoms with E-state index < -0.39 is 0 Å². The molecule has 1 aromatic rings. The molecule has 0 aliphatic heterocycles. The van der Waals surface area contributed by atoms with E-state index in [-0.39, 0.29) is 11.8 Å². The molecule has 0 aliphatic carbocycles. The lowest BCUT2D eigenvalue weighted by Crippen LogP contribution is -2.22. The van der Waals surface area contributed by atoms with Crippen LogP contribution in [0.3, 0.4) is 0 Å². The molecule has 0 heterocycles. The number of nitrogens with zero attached hydrogens (tertiary/aromatic N) is 1. The van der Waals surface area contributed by atoms with E-state index in [0.717, 1.165) is 37.8 Å². The molecular formula is C18H30N2O. The fourth-order valence-electron chi connectivity index (χ4n) is 2.61. The number of unbranched alkanes of at least 4 members (excludes halogenated alkanes) is 1. The summed E-state index contributed by atoms with van der Waals surface area (Å²) in [5.41, 5.74) is 7.96. The third-order valence-corrected chi connectivity index (χ3v) is 3.72. The van der Waals surface area contributed by atoms with Crippen LogP contribution in [0, 0.1) is 5.92 Å². The largest absolute Gasteiger partial charge is 0.369 e. The summed E-state index contributed by atoms with van der Waals surface area (Å²) in [6.45, 7) is 5.48. The maximum absolute atomic E-state index is 11.7. The maximum atomic E-state index is 11.7. The van der Waals surface area contributed by atoms with Crippen LogP contribution < -0.4 is 5.73 Å². The van der Waals surface area contributed by atoms with E-state index in [9.17, 15) is 4.79 Å². The molecule has 0 radical (unpaired) electrons. The number of benzene rings is 1. The Bertz CT molecular complexity index is 423. The molecule has 1 rings (SSSR count). The highest BCUT2D eigenvalue weighted by atomic mass is 16.1. The first-order valence-electron chi connectivity index (χ1n) is 7.93. The van der Waals surface area contributed by atoms with Crippen LogP contribution in [0.4, 0.5) is 0 Å². The van der Waals surface area contributed by atoms with E-state index in [1.807, 2.05) is 0 Å². The molecule has 0 saturated carbocycles. The molecule has 0 aromatic heterocycles. The van der Waals surface area contributed by atoms with Gasteiger partial charge in [-0.1, -0.05) is 44.5 Å². The SMILES string of the molecule is CC(C)Cc1ccc(C(CCCCN(C)C)C(N)=O)cc1. The van der Waals surface area contributed by atoms with Crippen LogP contribution in [0.15, 0.2) is 24.3 Å². The summed E-state index contributed by atoms with van der Waals surface area (Å²) in [5.74, 6) is 0.283. The molecule has 0 aliphatic rings. The third kappa shape index (κ3) is 6.76. The van der Waals surface area contributed by atoms with Crippen LogP contribution in [0.2, 0.25) is 0 Å². The van der Waals surface area contributed by atoms with Crippen molar-refractivity contribution in [2.45, 2.75) is 45.4 Å². The molecule has 1 amide bonds. The van der Waals surface area contributed by atoms with Gasteiger partial charge in [-0.25, -0.2) is 0 Å². The Morgan fingerprint density at radius 1 is 1.14 bits per heavy atom. The number of carbonyl (C=O) groups is 1. The first-order chi connectivity index (χ1) is 9.90. The van der Waals surface area contributed by atoms with Crippen molar-refractivity contribution in [2.75, 3.05) is 20.6 Å². The van der Waals surface area contributed by atoms with Gasteiger partial charge in [-0.2, -0.15) is 0 Å². The van der Waals surface area contributed by atoms with E-state index in [0.29, 0.717) is 5.92 Å². The number of hydrogen-bond donors (Lipinski definition) is 1. The highest BCUT2D eigenvalue weighted by Crippen LogP contribution is 2.23. The van der Waals surface area contributed by atoms with Crippen molar-refractivity contribution >= 4 is 5.91 Å². The molecule has 0 fully saturated rings. The van der Waals surface area contributed by atoms with Crippen molar-refractivity contribution in [3.63, 3.8) is 0 Å². The van der Waals surface area contributed by atoms with E-state index >= 15 is 0 Å². The van der Waals surface area contributed by atoms with Crippen LogP contribution in [0.1, 0.15) is 50.2 Å². The highest BCUT2D eigenvalue weighted by Gasteiger charge is 2.17. The van der Waals surface area contributed by atoms with Gasteiger partial charge in [-0.3, -0.25) is 4.79 Å². The smallest absolute Gasteiger partial charge is 0.224 e. The van der Waals surface area contributed by atoms with E-state index in [4.69, 9.17) is 5.73 Å². The first kappa shape index (κ1) is 17.7. The Hall–Kier alpha value is -1.35. The Morgan fingerprint density at radius 2 is 1.76 bits per heavy atom. The van der Waals surface area contributed by atoms with Gasteiger partial charge in [0.1, 0.15) is 0 Å². The lowest BCUT2D eigenvalue weighted by Gasteiger charge is -2.15. The van der Waals surface area contributed by atoms with Gasteiger partial charge in [0, 0.05) is 0 Å². The van der Waals surface area contributed by atoms with Crippen LogP contribution >= 0.6 is 0 Å². The van der Waals surface area contributed by atoms with E-state index in [2.05, 4.69) is 57.1 Å².